The van der Waals surface area contributed by atoms with Crippen LogP contribution in [0.4, 0.5) is 0 Å². The minimum Gasteiger partial charge on any atom is -0.461 e. The zero-order valence-corrected chi connectivity index (χ0v) is 7.80. The molecule has 0 aliphatic heterocycles. The van der Waals surface area contributed by atoms with Crippen molar-refractivity contribution in [1.29, 1.82) is 0 Å². The predicted molar refractivity (Wildman–Crippen MR) is 49.4 cm³/mol. The predicted octanol–water partition coefficient (Wildman–Crippen LogP) is 1.22. The van der Waals surface area contributed by atoms with Crippen LogP contribution in [0.5, 0.6) is 0 Å². The average molecular weight is 193 g/mol. The molecule has 0 bridgehead atoms. The van der Waals surface area contributed by atoms with Crippen molar-refractivity contribution >= 4 is 0 Å². The SMILES string of the molecule is CC(N)Cc1nc(-c2ccco2)no1. The normalized spacial score (nSPS) is 13.0. The Morgan fingerprint density at radius 2 is 2.43 bits per heavy atom. The van der Waals surface area contributed by atoms with Crippen LogP contribution in [-0.4, -0.2) is 16.2 Å². The van der Waals surface area contributed by atoms with Crippen molar-refractivity contribution in [2.45, 2.75) is 19.4 Å². The van der Waals surface area contributed by atoms with Gasteiger partial charge in [-0.05, 0) is 19.1 Å². The summed E-state index contributed by atoms with van der Waals surface area (Å²) < 4.78 is 10.1. The summed E-state index contributed by atoms with van der Waals surface area (Å²) in [6.07, 6.45) is 2.14. The molecule has 0 radical (unpaired) electrons. The molecule has 0 aliphatic rings. The third kappa shape index (κ3) is 1.82. The second-order valence-electron chi connectivity index (χ2n) is 3.17. The first-order chi connectivity index (χ1) is 6.75. The fraction of sp³-hybridized carbons (Fsp3) is 0.333. The summed E-state index contributed by atoms with van der Waals surface area (Å²) in [5.41, 5.74) is 5.60. The lowest BCUT2D eigenvalue weighted by molar-refractivity contribution is 0.371. The number of nitrogens with zero attached hydrogens (tertiary/aromatic N) is 2. The van der Waals surface area contributed by atoms with E-state index in [1.54, 1.807) is 18.4 Å². The van der Waals surface area contributed by atoms with E-state index in [9.17, 15) is 0 Å². The lowest BCUT2D eigenvalue weighted by Gasteiger charge is -1.96. The van der Waals surface area contributed by atoms with Gasteiger partial charge in [-0.25, -0.2) is 0 Å². The first-order valence-electron chi connectivity index (χ1n) is 4.38. The molecule has 2 aromatic heterocycles. The number of hydrogen-bond donors (Lipinski definition) is 1. The Labute approximate surface area is 80.9 Å². The highest BCUT2D eigenvalue weighted by Crippen LogP contribution is 2.15. The van der Waals surface area contributed by atoms with E-state index in [1.165, 1.54) is 0 Å². The summed E-state index contributed by atoms with van der Waals surface area (Å²) in [6, 6.07) is 3.57. The molecule has 0 aromatic carbocycles. The first kappa shape index (κ1) is 8.96. The van der Waals surface area contributed by atoms with E-state index < -0.39 is 0 Å². The van der Waals surface area contributed by atoms with E-state index in [0.717, 1.165) is 0 Å². The quantitative estimate of drug-likeness (QED) is 0.792. The second kappa shape index (κ2) is 3.63. The molecule has 14 heavy (non-hydrogen) atoms. The molecule has 2 aromatic rings. The number of aromatic nitrogens is 2. The van der Waals surface area contributed by atoms with E-state index in [1.807, 2.05) is 6.92 Å². The smallest absolute Gasteiger partial charge is 0.238 e. The topological polar surface area (TPSA) is 78.1 Å². The summed E-state index contributed by atoms with van der Waals surface area (Å²) >= 11 is 0. The molecule has 0 saturated heterocycles. The Kier molecular flexibility index (Phi) is 2.32. The van der Waals surface area contributed by atoms with Gasteiger partial charge in [0.2, 0.25) is 11.7 Å². The van der Waals surface area contributed by atoms with Crippen molar-refractivity contribution in [2.75, 3.05) is 0 Å². The van der Waals surface area contributed by atoms with Crippen LogP contribution in [-0.2, 0) is 6.42 Å². The monoisotopic (exact) mass is 193 g/mol. The van der Waals surface area contributed by atoms with Gasteiger partial charge in [0.05, 0.1) is 6.26 Å². The molecule has 0 fully saturated rings. The van der Waals surface area contributed by atoms with E-state index >= 15 is 0 Å². The summed E-state index contributed by atoms with van der Waals surface area (Å²) in [6.45, 7) is 1.89. The van der Waals surface area contributed by atoms with Crippen molar-refractivity contribution < 1.29 is 8.94 Å². The summed E-state index contributed by atoms with van der Waals surface area (Å²) in [7, 11) is 0. The largest absolute Gasteiger partial charge is 0.461 e. The third-order valence-corrected chi connectivity index (χ3v) is 1.71. The summed E-state index contributed by atoms with van der Waals surface area (Å²) in [4.78, 5) is 4.14. The standard InChI is InChI=1S/C9H11N3O2/c1-6(10)5-8-11-9(12-14-8)7-3-2-4-13-7/h2-4,6H,5,10H2,1H3. The van der Waals surface area contributed by atoms with Gasteiger partial charge in [-0.2, -0.15) is 4.98 Å². The zero-order chi connectivity index (χ0) is 9.97. The van der Waals surface area contributed by atoms with Crippen LogP contribution in [0.15, 0.2) is 27.3 Å². The van der Waals surface area contributed by atoms with E-state index in [-0.39, 0.29) is 6.04 Å². The molecule has 74 valence electrons. The fourth-order valence-corrected chi connectivity index (χ4v) is 1.12. The maximum absolute atomic E-state index is 5.60. The molecule has 5 nitrogen and oxygen atoms in total. The van der Waals surface area contributed by atoms with E-state index in [4.69, 9.17) is 14.7 Å². The minimum atomic E-state index is 0.0138. The molecule has 5 heteroatoms. The van der Waals surface area contributed by atoms with Crippen molar-refractivity contribution in [1.82, 2.24) is 10.1 Å². The highest BCUT2D eigenvalue weighted by atomic mass is 16.5. The number of furan rings is 1. The molecule has 0 saturated carbocycles. The van der Waals surface area contributed by atoms with Crippen LogP contribution in [0.1, 0.15) is 12.8 Å². The van der Waals surface area contributed by atoms with Crippen LogP contribution in [0.3, 0.4) is 0 Å². The van der Waals surface area contributed by atoms with Gasteiger partial charge in [0.15, 0.2) is 5.76 Å². The molecule has 2 rings (SSSR count). The molecule has 2 N–H and O–H groups in total. The number of hydrogen-bond acceptors (Lipinski definition) is 5. The van der Waals surface area contributed by atoms with Gasteiger partial charge in [-0.1, -0.05) is 5.16 Å². The fourth-order valence-electron chi connectivity index (χ4n) is 1.12. The Balaban J connectivity index is 2.18. The van der Waals surface area contributed by atoms with Gasteiger partial charge in [-0.15, -0.1) is 0 Å². The first-order valence-corrected chi connectivity index (χ1v) is 4.38. The molecule has 0 aliphatic carbocycles. The Morgan fingerprint density at radius 1 is 1.57 bits per heavy atom. The minimum absolute atomic E-state index is 0.0138. The Bertz CT molecular complexity index is 392. The number of rotatable bonds is 3. The van der Waals surface area contributed by atoms with Gasteiger partial charge in [-0.3, -0.25) is 0 Å². The maximum Gasteiger partial charge on any atom is 0.238 e. The van der Waals surface area contributed by atoms with Gasteiger partial charge in [0.1, 0.15) is 0 Å². The molecule has 1 atom stereocenters. The van der Waals surface area contributed by atoms with Crippen molar-refractivity contribution in [3.63, 3.8) is 0 Å². The lowest BCUT2D eigenvalue weighted by Crippen LogP contribution is -2.17. The van der Waals surface area contributed by atoms with Gasteiger partial charge < -0.3 is 14.7 Å². The highest BCUT2D eigenvalue weighted by Gasteiger charge is 2.11. The molecule has 1 unspecified atom stereocenters. The molecular weight excluding hydrogens is 182 g/mol. The molecule has 0 amide bonds. The lowest BCUT2D eigenvalue weighted by atomic mass is 10.2. The molecule has 0 spiro atoms. The van der Waals surface area contributed by atoms with Gasteiger partial charge in [0, 0.05) is 12.5 Å². The van der Waals surface area contributed by atoms with Crippen molar-refractivity contribution in [2.24, 2.45) is 5.73 Å². The third-order valence-electron chi connectivity index (χ3n) is 1.71. The van der Waals surface area contributed by atoms with E-state index in [0.29, 0.717) is 23.9 Å². The van der Waals surface area contributed by atoms with Crippen LogP contribution in [0, 0.1) is 0 Å². The second-order valence-corrected chi connectivity index (χ2v) is 3.17. The summed E-state index contributed by atoms with van der Waals surface area (Å²) in [5, 5.41) is 3.78. The van der Waals surface area contributed by atoms with Gasteiger partial charge >= 0.3 is 0 Å². The van der Waals surface area contributed by atoms with Crippen LogP contribution < -0.4 is 5.73 Å². The van der Waals surface area contributed by atoms with Crippen LogP contribution in [0.25, 0.3) is 11.6 Å². The average Bonchev–Trinajstić information content (AvgIpc) is 2.69. The van der Waals surface area contributed by atoms with Crippen LogP contribution in [0.2, 0.25) is 0 Å². The Hall–Kier alpha value is -1.62. The molecular formula is C9H11N3O2. The highest BCUT2D eigenvalue weighted by molar-refractivity contribution is 5.44. The van der Waals surface area contributed by atoms with Crippen molar-refractivity contribution in [3.05, 3.63) is 24.3 Å². The van der Waals surface area contributed by atoms with Gasteiger partial charge in [0.25, 0.3) is 0 Å². The van der Waals surface area contributed by atoms with E-state index in [2.05, 4.69) is 10.1 Å². The zero-order valence-electron chi connectivity index (χ0n) is 7.80. The van der Waals surface area contributed by atoms with Crippen molar-refractivity contribution in [3.8, 4) is 11.6 Å². The number of nitrogens with two attached hydrogens (primary N) is 1. The maximum atomic E-state index is 5.60. The summed E-state index contributed by atoms with van der Waals surface area (Å²) in [5.74, 6) is 1.60. The molecule has 2 heterocycles. The Morgan fingerprint density at radius 3 is 3.07 bits per heavy atom. The van der Waals surface area contributed by atoms with Crippen LogP contribution >= 0.6 is 0 Å².